The number of imide groups is 1. The van der Waals surface area contributed by atoms with Crippen LogP contribution in [0.25, 0.3) is 0 Å². The lowest BCUT2D eigenvalue weighted by atomic mass is 10.2. The molecule has 10 heteroatoms. The number of carbonyl (C=O) groups excluding carboxylic acids is 3. The Bertz CT molecular complexity index is 1100. The fourth-order valence-electron chi connectivity index (χ4n) is 3.51. The van der Waals surface area contributed by atoms with Gasteiger partial charge in [-0.25, -0.2) is 18.0 Å². The third kappa shape index (κ3) is 6.88. The Morgan fingerprint density at radius 3 is 2.18 bits per heavy atom. The van der Waals surface area contributed by atoms with E-state index in [4.69, 9.17) is 4.74 Å². The second-order valence-electron chi connectivity index (χ2n) is 8.05. The molecule has 3 amide bonds. The van der Waals surface area contributed by atoms with Crippen LogP contribution < -0.4 is 10.6 Å². The number of esters is 1. The summed E-state index contributed by atoms with van der Waals surface area (Å²) in [5, 5.41) is 4.67. The van der Waals surface area contributed by atoms with Crippen molar-refractivity contribution in [1.82, 2.24) is 14.9 Å². The first kappa shape index (κ1) is 25.4. The van der Waals surface area contributed by atoms with Crippen molar-refractivity contribution in [3.63, 3.8) is 0 Å². The van der Waals surface area contributed by atoms with Crippen LogP contribution in [-0.4, -0.2) is 49.8 Å². The number of amides is 3. The molecule has 1 atom stereocenters. The number of nitrogens with zero attached hydrogens (tertiary/aromatic N) is 1. The third-order valence-electron chi connectivity index (χ3n) is 5.48. The van der Waals surface area contributed by atoms with Gasteiger partial charge in [0.1, 0.15) is 0 Å². The number of carbonyl (C=O) groups is 3. The molecule has 1 fully saturated rings. The molecule has 1 saturated heterocycles. The lowest BCUT2D eigenvalue weighted by molar-refractivity contribution is -0.127. The second-order valence-corrected chi connectivity index (χ2v) is 9.99. The van der Waals surface area contributed by atoms with E-state index in [0.29, 0.717) is 13.1 Å². The molecule has 9 nitrogen and oxygen atoms in total. The highest BCUT2D eigenvalue weighted by Crippen LogP contribution is 2.21. The first-order chi connectivity index (χ1) is 16.3. The molecule has 182 valence electrons. The van der Waals surface area contributed by atoms with Crippen molar-refractivity contribution in [3.8, 4) is 0 Å². The van der Waals surface area contributed by atoms with Crippen LogP contribution in [0.3, 0.4) is 0 Å². The average molecular weight is 488 g/mol. The van der Waals surface area contributed by atoms with E-state index in [1.165, 1.54) is 35.5 Å². The van der Waals surface area contributed by atoms with Crippen LogP contribution in [0.2, 0.25) is 0 Å². The maximum absolute atomic E-state index is 12.9. The van der Waals surface area contributed by atoms with Crippen LogP contribution in [0, 0.1) is 0 Å². The zero-order valence-electron chi connectivity index (χ0n) is 19.0. The zero-order valence-corrected chi connectivity index (χ0v) is 19.8. The highest BCUT2D eigenvalue weighted by molar-refractivity contribution is 7.89. The number of hydrogen-bond donors (Lipinski definition) is 2. The molecule has 2 aromatic carbocycles. The van der Waals surface area contributed by atoms with E-state index in [0.717, 1.165) is 31.2 Å². The maximum atomic E-state index is 12.9. The van der Waals surface area contributed by atoms with Gasteiger partial charge in [0.15, 0.2) is 6.10 Å². The molecule has 1 unspecified atom stereocenters. The van der Waals surface area contributed by atoms with Gasteiger partial charge in [0.2, 0.25) is 10.0 Å². The van der Waals surface area contributed by atoms with Crippen LogP contribution in [0.15, 0.2) is 59.5 Å². The predicted molar refractivity (Wildman–Crippen MR) is 125 cm³/mol. The van der Waals surface area contributed by atoms with E-state index in [2.05, 4.69) is 10.6 Å². The van der Waals surface area contributed by atoms with E-state index < -0.39 is 34.0 Å². The van der Waals surface area contributed by atoms with Crippen molar-refractivity contribution in [1.29, 1.82) is 0 Å². The topological polar surface area (TPSA) is 122 Å². The molecule has 0 aromatic heterocycles. The molecule has 34 heavy (non-hydrogen) atoms. The summed E-state index contributed by atoms with van der Waals surface area (Å²) in [6.45, 7) is 2.55. The molecule has 0 saturated carbocycles. The van der Waals surface area contributed by atoms with Gasteiger partial charge in [0.25, 0.3) is 5.91 Å². The number of sulfonamides is 1. The monoisotopic (exact) mass is 487 g/mol. The van der Waals surface area contributed by atoms with Crippen molar-refractivity contribution in [2.24, 2.45) is 0 Å². The van der Waals surface area contributed by atoms with Crippen molar-refractivity contribution >= 4 is 27.9 Å². The minimum atomic E-state index is -3.63. The van der Waals surface area contributed by atoms with Gasteiger partial charge in [-0.3, -0.25) is 10.1 Å². The van der Waals surface area contributed by atoms with Gasteiger partial charge in [0.05, 0.1) is 10.5 Å². The summed E-state index contributed by atoms with van der Waals surface area (Å²) in [7, 11) is -3.63. The van der Waals surface area contributed by atoms with Crippen LogP contribution in [0.5, 0.6) is 0 Å². The standard InChI is InChI=1S/C24H29N3O6S/c1-18(22(28)26-24(30)25-17-19-9-5-4-6-10-19)33-23(29)20-11-13-21(14-12-20)34(31,32)27-15-7-2-3-8-16-27/h4-6,9-14,18H,2-3,7-8,15-17H2,1H3,(H2,25,26,28,30). The maximum Gasteiger partial charge on any atom is 0.338 e. The van der Waals surface area contributed by atoms with Gasteiger partial charge < -0.3 is 10.1 Å². The Morgan fingerprint density at radius 2 is 1.56 bits per heavy atom. The number of benzene rings is 2. The smallest absolute Gasteiger partial charge is 0.338 e. The predicted octanol–water partition coefficient (Wildman–Crippen LogP) is 2.82. The quantitative estimate of drug-likeness (QED) is 0.579. The van der Waals surface area contributed by atoms with Crippen LogP contribution >= 0.6 is 0 Å². The van der Waals surface area contributed by atoms with Crippen LogP contribution in [0.4, 0.5) is 4.79 Å². The SMILES string of the molecule is CC(OC(=O)c1ccc(S(=O)(=O)N2CCCCCC2)cc1)C(=O)NC(=O)NCc1ccccc1. The molecule has 3 rings (SSSR count). The Morgan fingerprint density at radius 1 is 0.941 bits per heavy atom. The van der Waals surface area contributed by atoms with Crippen molar-refractivity contribution in [3.05, 3.63) is 65.7 Å². The minimum absolute atomic E-state index is 0.1000. The Hall–Kier alpha value is -3.24. The van der Waals surface area contributed by atoms with Crippen molar-refractivity contribution < 1.29 is 27.5 Å². The summed E-state index contributed by atoms with van der Waals surface area (Å²) in [4.78, 5) is 36.6. The number of urea groups is 1. The first-order valence-electron chi connectivity index (χ1n) is 11.2. The van der Waals surface area contributed by atoms with E-state index in [1.807, 2.05) is 30.3 Å². The van der Waals surface area contributed by atoms with Gasteiger partial charge in [-0.1, -0.05) is 43.2 Å². The highest BCUT2D eigenvalue weighted by Gasteiger charge is 2.26. The fraction of sp³-hybridized carbons (Fsp3) is 0.375. The lowest BCUT2D eigenvalue weighted by Gasteiger charge is -2.20. The van der Waals surface area contributed by atoms with Crippen LogP contribution in [-0.2, 0) is 26.1 Å². The molecule has 2 aromatic rings. The molecule has 1 aliphatic rings. The fourth-order valence-corrected chi connectivity index (χ4v) is 5.03. The molecular weight excluding hydrogens is 458 g/mol. The third-order valence-corrected chi connectivity index (χ3v) is 7.39. The minimum Gasteiger partial charge on any atom is -0.449 e. The van der Waals surface area contributed by atoms with E-state index in [1.54, 1.807) is 0 Å². The molecule has 1 aliphatic heterocycles. The molecule has 0 bridgehead atoms. The molecule has 0 aliphatic carbocycles. The number of rotatable bonds is 7. The van der Waals surface area contributed by atoms with E-state index in [9.17, 15) is 22.8 Å². The van der Waals surface area contributed by atoms with Crippen molar-refractivity contribution in [2.75, 3.05) is 13.1 Å². The van der Waals surface area contributed by atoms with E-state index >= 15 is 0 Å². The summed E-state index contributed by atoms with van der Waals surface area (Å²) in [6, 6.07) is 13.9. The first-order valence-corrected chi connectivity index (χ1v) is 12.6. The normalized spacial score (nSPS) is 15.6. The Labute approximate surface area is 199 Å². The van der Waals surface area contributed by atoms with Crippen molar-refractivity contribution in [2.45, 2.75) is 50.2 Å². The second kappa shape index (κ2) is 11.8. The largest absolute Gasteiger partial charge is 0.449 e. The van der Waals surface area contributed by atoms with Gasteiger partial charge in [0, 0.05) is 19.6 Å². The van der Waals surface area contributed by atoms with Gasteiger partial charge in [-0.2, -0.15) is 4.31 Å². The van der Waals surface area contributed by atoms with Gasteiger partial charge in [-0.15, -0.1) is 0 Å². The van der Waals surface area contributed by atoms with Gasteiger partial charge in [-0.05, 0) is 49.6 Å². The van der Waals surface area contributed by atoms with Crippen LogP contribution in [0.1, 0.15) is 48.5 Å². The Kier molecular flexibility index (Phi) is 8.78. The number of nitrogens with one attached hydrogen (secondary N) is 2. The molecule has 0 radical (unpaired) electrons. The lowest BCUT2D eigenvalue weighted by Crippen LogP contribution is -2.44. The number of hydrogen-bond acceptors (Lipinski definition) is 6. The summed E-state index contributed by atoms with van der Waals surface area (Å²) in [6.07, 6.45) is 2.45. The van der Waals surface area contributed by atoms with Gasteiger partial charge >= 0.3 is 12.0 Å². The molecule has 0 spiro atoms. The van der Waals surface area contributed by atoms with E-state index in [-0.39, 0.29) is 17.0 Å². The summed E-state index contributed by atoms with van der Waals surface area (Å²) >= 11 is 0. The molecule has 1 heterocycles. The Balaban J connectivity index is 1.52. The highest BCUT2D eigenvalue weighted by atomic mass is 32.2. The summed E-state index contributed by atoms with van der Waals surface area (Å²) in [5.74, 6) is -1.58. The summed E-state index contributed by atoms with van der Waals surface area (Å²) in [5.41, 5.74) is 0.967. The molecule has 2 N–H and O–H groups in total. The zero-order chi connectivity index (χ0) is 24.6. The average Bonchev–Trinajstić information content (AvgIpc) is 3.14. The summed E-state index contributed by atoms with van der Waals surface area (Å²) < 4.78 is 32.3. The number of ether oxygens (including phenoxy) is 1. The molecular formula is C24H29N3O6S.